The second-order valence-electron chi connectivity index (χ2n) is 5.04. The van der Waals surface area contributed by atoms with Gasteiger partial charge in [0.2, 0.25) is 5.91 Å². The third-order valence-electron chi connectivity index (χ3n) is 3.37. The minimum absolute atomic E-state index is 0.126. The van der Waals surface area contributed by atoms with Crippen LogP contribution in [0.15, 0.2) is 0 Å². The highest BCUT2D eigenvalue weighted by Gasteiger charge is 2.28. The molecule has 0 aromatic carbocycles. The van der Waals surface area contributed by atoms with E-state index in [0.717, 1.165) is 0 Å². The monoisotopic (exact) mass is 301 g/mol. The quantitative estimate of drug-likeness (QED) is 0.505. The number of rotatable bonds is 6. The summed E-state index contributed by atoms with van der Waals surface area (Å²) in [5.74, 6) is -2.96. The standard InChI is InChI=1S/C12H19N3O6/c13-9(16)5-7-1-3-15(4-2-7)12(21)14-8(11(19)20)6-10(17)18/h7-8H,1-6H2,(H2,13,16)(H,14,21)(H,17,18)(H,19,20). The summed E-state index contributed by atoms with van der Waals surface area (Å²) in [6, 6.07) is -2.07. The molecule has 1 saturated heterocycles. The van der Waals surface area contributed by atoms with E-state index in [1.165, 1.54) is 4.90 Å². The van der Waals surface area contributed by atoms with E-state index in [0.29, 0.717) is 25.9 Å². The molecule has 1 rings (SSSR count). The van der Waals surface area contributed by atoms with Crippen molar-refractivity contribution in [3.8, 4) is 0 Å². The van der Waals surface area contributed by atoms with Crippen molar-refractivity contribution in [2.75, 3.05) is 13.1 Å². The Hall–Kier alpha value is -2.32. The smallest absolute Gasteiger partial charge is 0.326 e. The van der Waals surface area contributed by atoms with Crippen LogP contribution in [0.4, 0.5) is 4.79 Å². The molecule has 118 valence electrons. The van der Waals surface area contributed by atoms with Crippen molar-refractivity contribution in [3.05, 3.63) is 0 Å². The average molecular weight is 301 g/mol. The molecule has 0 spiro atoms. The van der Waals surface area contributed by atoms with E-state index in [2.05, 4.69) is 5.32 Å². The molecule has 0 aliphatic carbocycles. The summed E-state index contributed by atoms with van der Waals surface area (Å²) in [6.45, 7) is 0.756. The fourth-order valence-corrected chi connectivity index (χ4v) is 2.24. The molecule has 1 aliphatic rings. The van der Waals surface area contributed by atoms with Crippen LogP contribution in [-0.2, 0) is 14.4 Å². The van der Waals surface area contributed by atoms with Crippen LogP contribution in [0.5, 0.6) is 0 Å². The first-order valence-corrected chi connectivity index (χ1v) is 6.58. The van der Waals surface area contributed by atoms with E-state index in [1.54, 1.807) is 0 Å². The molecule has 1 fully saturated rings. The van der Waals surface area contributed by atoms with Crippen molar-refractivity contribution >= 4 is 23.9 Å². The van der Waals surface area contributed by atoms with Crippen LogP contribution in [0.25, 0.3) is 0 Å². The first kappa shape index (κ1) is 16.7. The lowest BCUT2D eigenvalue weighted by Gasteiger charge is -2.32. The van der Waals surface area contributed by atoms with Crippen molar-refractivity contribution in [1.82, 2.24) is 10.2 Å². The number of primary amides is 1. The number of aliphatic carboxylic acids is 2. The molecule has 0 aromatic heterocycles. The van der Waals surface area contributed by atoms with Crippen molar-refractivity contribution in [2.24, 2.45) is 11.7 Å². The summed E-state index contributed by atoms with van der Waals surface area (Å²) < 4.78 is 0. The van der Waals surface area contributed by atoms with Gasteiger partial charge in [0.05, 0.1) is 6.42 Å². The Morgan fingerprint density at radius 3 is 2.19 bits per heavy atom. The van der Waals surface area contributed by atoms with Gasteiger partial charge >= 0.3 is 18.0 Å². The molecule has 9 nitrogen and oxygen atoms in total. The molecule has 0 saturated carbocycles. The minimum atomic E-state index is -1.46. The van der Waals surface area contributed by atoms with E-state index in [9.17, 15) is 19.2 Å². The number of carboxylic acid groups (broad SMARTS) is 2. The number of urea groups is 1. The maximum atomic E-state index is 11.9. The summed E-state index contributed by atoms with van der Waals surface area (Å²) in [6.07, 6.45) is 0.797. The molecule has 1 atom stereocenters. The maximum absolute atomic E-state index is 11.9. The fraction of sp³-hybridized carbons (Fsp3) is 0.667. The van der Waals surface area contributed by atoms with Crippen molar-refractivity contribution < 1.29 is 29.4 Å². The molecule has 3 amide bonds. The zero-order valence-corrected chi connectivity index (χ0v) is 11.4. The molecule has 1 heterocycles. The number of carbonyl (C=O) groups is 4. The van der Waals surface area contributed by atoms with Crippen LogP contribution in [0.3, 0.4) is 0 Å². The SMILES string of the molecule is NC(=O)CC1CCN(C(=O)NC(CC(=O)O)C(=O)O)CC1. The van der Waals surface area contributed by atoms with Gasteiger partial charge < -0.3 is 26.2 Å². The summed E-state index contributed by atoms with van der Waals surface area (Å²) in [5.41, 5.74) is 5.11. The lowest BCUT2D eigenvalue weighted by atomic mass is 9.93. The van der Waals surface area contributed by atoms with Crippen molar-refractivity contribution in [1.29, 1.82) is 0 Å². The van der Waals surface area contributed by atoms with Gasteiger partial charge in [0.1, 0.15) is 6.04 Å². The largest absolute Gasteiger partial charge is 0.481 e. The van der Waals surface area contributed by atoms with Gasteiger partial charge in [-0.3, -0.25) is 9.59 Å². The Morgan fingerprint density at radius 2 is 1.76 bits per heavy atom. The fourth-order valence-electron chi connectivity index (χ4n) is 2.24. The summed E-state index contributed by atoms with van der Waals surface area (Å²) in [4.78, 5) is 45.5. The highest BCUT2D eigenvalue weighted by atomic mass is 16.4. The number of carbonyl (C=O) groups excluding carboxylic acids is 2. The predicted octanol–water partition coefficient (Wildman–Crippen LogP) is -0.789. The van der Waals surface area contributed by atoms with Crippen LogP contribution in [0.2, 0.25) is 0 Å². The second-order valence-corrected chi connectivity index (χ2v) is 5.04. The van der Waals surface area contributed by atoms with Gasteiger partial charge in [-0.05, 0) is 18.8 Å². The Bertz CT molecular complexity index is 431. The number of hydrogen-bond acceptors (Lipinski definition) is 4. The van der Waals surface area contributed by atoms with Gasteiger partial charge in [-0.25, -0.2) is 9.59 Å². The van der Waals surface area contributed by atoms with Gasteiger partial charge in [0.25, 0.3) is 0 Å². The number of likely N-dealkylation sites (tertiary alicyclic amines) is 1. The van der Waals surface area contributed by atoms with E-state index in [1.807, 2.05) is 0 Å². The molecule has 5 N–H and O–H groups in total. The van der Waals surface area contributed by atoms with Gasteiger partial charge in [-0.2, -0.15) is 0 Å². The zero-order chi connectivity index (χ0) is 16.0. The van der Waals surface area contributed by atoms with Crippen LogP contribution in [0, 0.1) is 5.92 Å². The number of carboxylic acids is 2. The highest BCUT2D eigenvalue weighted by Crippen LogP contribution is 2.20. The molecule has 1 aliphatic heterocycles. The van der Waals surface area contributed by atoms with Gasteiger partial charge in [-0.15, -0.1) is 0 Å². The number of amides is 3. The lowest BCUT2D eigenvalue weighted by Crippen LogP contribution is -2.50. The van der Waals surface area contributed by atoms with Crippen LogP contribution in [0.1, 0.15) is 25.7 Å². The van der Waals surface area contributed by atoms with Gasteiger partial charge in [0.15, 0.2) is 0 Å². The maximum Gasteiger partial charge on any atom is 0.326 e. The first-order valence-electron chi connectivity index (χ1n) is 6.58. The van der Waals surface area contributed by atoms with E-state index in [-0.39, 0.29) is 18.2 Å². The molecule has 0 radical (unpaired) electrons. The van der Waals surface area contributed by atoms with E-state index >= 15 is 0 Å². The topological polar surface area (TPSA) is 150 Å². The molecule has 9 heteroatoms. The third-order valence-corrected chi connectivity index (χ3v) is 3.37. The Kier molecular flexibility index (Phi) is 5.94. The summed E-state index contributed by atoms with van der Waals surface area (Å²) in [7, 11) is 0. The van der Waals surface area contributed by atoms with Gasteiger partial charge in [-0.1, -0.05) is 0 Å². The van der Waals surface area contributed by atoms with Crippen LogP contribution < -0.4 is 11.1 Å². The molecule has 1 unspecified atom stereocenters. The zero-order valence-electron chi connectivity index (χ0n) is 11.4. The normalized spacial score (nSPS) is 17.0. The van der Waals surface area contributed by atoms with Crippen molar-refractivity contribution in [2.45, 2.75) is 31.7 Å². The molecule has 21 heavy (non-hydrogen) atoms. The third kappa shape index (κ3) is 5.67. The first-order chi connectivity index (χ1) is 9.79. The number of piperidine rings is 1. The summed E-state index contributed by atoms with van der Waals surface area (Å²) >= 11 is 0. The van der Waals surface area contributed by atoms with E-state index in [4.69, 9.17) is 15.9 Å². The second kappa shape index (κ2) is 7.46. The molecular weight excluding hydrogens is 282 g/mol. The van der Waals surface area contributed by atoms with E-state index < -0.39 is 30.4 Å². The number of nitrogens with one attached hydrogen (secondary N) is 1. The van der Waals surface area contributed by atoms with Gasteiger partial charge in [0, 0.05) is 19.5 Å². The van der Waals surface area contributed by atoms with Crippen LogP contribution in [-0.4, -0.2) is 58.1 Å². The number of hydrogen-bond donors (Lipinski definition) is 4. The predicted molar refractivity (Wildman–Crippen MR) is 70.3 cm³/mol. The average Bonchev–Trinajstić information content (AvgIpc) is 2.37. The Balaban J connectivity index is 2.47. The van der Waals surface area contributed by atoms with Crippen LogP contribution >= 0.6 is 0 Å². The highest BCUT2D eigenvalue weighted by molar-refractivity contribution is 5.86. The number of nitrogens with two attached hydrogens (primary N) is 1. The molecule has 0 aromatic rings. The van der Waals surface area contributed by atoms with Crippen molar-refractivity contribution in [3.63, 3.8) is 0 Å². The Morgan fingerprint density at radius 1 is 1.19 bits per heavy atom. The molecular formula is C12H19N3O6. The summed E-state index contributed by atoms with van der Waals surface area (Å²) in [5, 5.41) is 19.7. The molecule has 0 bridgehead atoms. The Labute approximate surface area is 121 Å². The number of nitrogens with zero attached hydrogens (tertiary/aromatic N) is 1. The minimum Gasteiger partial charge on any atom is -0.481 e. The lowest BCUT2D eigenvalue weighted by molar-refractivity contribution is -0.145.